The number of aryl methyl sites for hydroxylation is 2. The van der Waals surface area contributed by atoms with Crippen molar-refractivity contribution in [2.75, 3.05) is 5.32 Å². The standard InChI is InChI=1S/C21H18F3N7O2S/c1-10-4-5-12(6-13(10)21(22,23)24)30-18(32)14-7-25-20(34-14)11(2)29-19(33)15-16-17(27-8-26-15)28-9-31(16)3/h4-9,11H,1-3H3,(H,29,33)(H,30,32). The number of hydrogen-bond acceptors (Lipinski definition) is 7. The first kappa shape index (κ1) is 23.3. The summed E-state index contributed by atoms with van der Waals surface area (Å²) >= 11 is 1.02. The molecular weight excluding hydrogens is 471 g/mol. The molecule has 0 bridgehead atoms. The lowest BCUT2D eigenvalue weighted by atomic mass is 10.1. The number of benzene rings is 1. The van der Waals surface area contributed by atoms with Crippen LogP contribution in [0, 0.1) is 6.92 Å². The van der Waals surface area contributed by atoms with Crippen LogP contribution >= 0.6 is 11.3 Å². The van der Waals surface area contributed by atoms with Gasteiger partial charge in [-0.3, -0.25) is 9.59 Å². The molecule has 176 valence electrons. The lowest BCUT2D eigenvalue weighted by Gasteiger charge is -2.12. The van der Waals surface area contributed by atoms with Gasteiger partial charge < -0.3 is 15.2 Å². The van der Waals surface area contributed by atoms with Gasteiger partial charge in [-0.05, 0) is 31.5 Å². The molecule has 9 nitrogen and oxygen atoms in total. The number of nitrogens with one attached hydrogen (secondary N) is 2. The zero-order chi connectivity index (χ0) is 24.6. The van der Waals surface area contributed by atoms with Gasteiger partial charge in [0, 0.05) is 12.7 Å². The zero-order valence-corrected chi connectivity index (χ0v) is 19.0. The van der Waals surface area contributed by atoms with E-state index in [1.807, 2.05) is 0 Å². The maximum Gasteiger partial charge on any atom is 0.416 e. The number of rotatable bonds is 5. The average molecular weight is 489 g/mol. The van der Waals surface area contributed by atoms with Gasteiger partial charge in [0.1, 0.15) is 21.7 Å². The number of alkyl halides is 3. The second-order valence-electron chi connectivity index (χ2n) is 7.49. The number of thiazole rings is 1. The number of anilines is 1. The van der Waals surface area contributed by atoms with E-state index >= 15 is 0 Å². The minimum absolute atomic E-state index is 0.0168. The van der Waals surface area contributed by atoms with Gasteiger partial charge in [-0.2, -0.15) is 13.2 Å². The molecule has 1 unspecified atom stereocenters. The van der Waals surface area contributed by atoms with Gasteiger partial charge in [0.25, 0.3) is 11.8 Å². The maximum absolute atomic E-state index is 13.1. The van der Waals surface area contributed by atoms with Gasteiger partial charge in [0.2, 0.25) is 0 Å². The van der Waals surface area contributed by atoms with Crippen LogP contribution in [0.4, 0.5) is 18.9 Å². The number of hydrogen-bond donors (Lipinski definition) is 2. The van der Waals surface area contributed by atoms with Crippen LogP contribution in [0.25, 0.3) is 11.2 Å². The molecule has 0 saturated carbocycles. The molecule has 13 heteroatoms. The van der Waals surface area contributed by atoms with Gasteiger partial charge >= 0.3 is 6.18 Å². The summed E-state index contributed by atoms with van der Waals surface area (Å²) in [6, 6.07) is 3.02. The number of fused-ring (bicyclic) bond motifs is 1. The van der Waals surface area contributed by atoms with E-state index in [2.05, 4.69) is 30.6 Å². The largest absolute Gasteiger partial charge is 0.416 e. The third-order valence-electron chi connectivity index (χ3n) is 4.99. The smallest absolute Gasteiger partial charge is 0.342 e. The fraction of sp³-hybridized carbons (Fsp3) is 0.238. The highest BCUT2D eigenvalue weighted by Gasteiger charge is 2.32. The van der Waals surface area contributed by atoms with Crippen molar-refractivity contribution in [3.63, 3.8) is 0 Å². The predicted molar refractivity (Wildman–Crippen MR) is 118 cm³/mol. The molecule has 0 fully saturated rings. The molecule has 0 saturated heterocycles. The topological polar surface area (TPSA) is 115 Å². The summed E-state index contributed by atoms with van der Waals surface area (Å²) in [6.45, 7) is 3.04. The van der Waals surface area contributed by atoms with Gasteiger partial charge in [0.15, 0.2) is 11.3 Å². The third kappa shape index (κ3) is 4.59. The van der Waals surface area contributed by atoms with Crippen LogP contribution < -0.4 is 10.6 Å². The van der Waals surface area contributed by atoms with Gasteiger partial charge in [-0.1, -0.05) is 6.07 Å². The first-order valence-electron chi connectivity index (χ1n) is 9.92. The Bertz CT molecular complexity index is 1400. The highest BCUT2D eigenvalue weighted by Crippen LogP contribution is 2.33. The van der Waals surface area contributed by atoms with E-state index in [1.165, 1.54) is 37.9 Å². The number of carbonyl (C=O) groups excluding carboxylic acids is 2. The first-order chi connectivity index (χ1) is 16.0. The fourth-order valence-electron chi connectivity index (χ4n) is 3.27. The number of nitrogens with zero attached hydrogens (tertiary/aromatic N) is 5. The Morgan fingerprint density at radius 1 is 1.12 bits per heavy atom. The molecule has 4 rings (SSSR count). The molecule has 0 aliphatic rings. The molecule has 2 N–H and O–H groups in total. The van der Waals surface area contributed by atoms with Crippen molar-refractivity contribution in [3.05, 3.63) is 63.8 Å². The zero-order valence-electron chi connectivity index (χ0n) is 18.1. The Morgan fingerprint density at radius 2 is 1.88 bits per heavy atom. The monoisotopic (exact) mass is 489 g/mol. The SMILES string of the molecule is Cc1ccc(NC(=O)c2cnc(C(C)NC(=O)c3ncnc4ncn(C)c34)s2)cc1C(F)(F)F. The van der Waals surface area contributed by atoms with E-state index < -0.39 is 29.6 Å². The average Bonchev–Trinajstić information content (AvgIpc) is 3.42. The molecule has 0 aliphatic heterocycles. The number of halogens is 3. The van der Waals surface area contributed by atoms with Crippen molar-refractivity contribution < 1.29 is 22.8 Å². The van der Waals surface area contributed by atoms with E-state index in [-0.39, 0.29) is 21.8 Å². The molecule has 3 heterocycles. The molecule has 0 spiro atoms. The Labute approximate surface area is 195 Å². The molecular formula is C21H18F3N7O2S. The molecule has 1 aromatic carbocycles. The van der Waals surface area contributed by atoms with E-state index in [9.17, 15) is 22.8 Å². The molecule has 3 aromatic heterocycles. The molecule has 4 aromatic rings. The van der Waals surface area contributed by atoms with Crippen molar-refractivity contribution >= 4 is 40.0 Å². The van der Waals surface area contributed by atoms with Crippen molar-refractivity contribution in [2.45, 2.75) is 26.1 Å². The number of imidazole rings is 1. The summed E-state index contributed by atoms with van der Waals surface area (Å²) in [5, 5.41) is 5.67. The van der Waals surface area contributed by atoms with Crippen LogP contribution in [0.1, 0.15) is 49.3 Å². The summed E-state index contributed by atoms with van der Waals surface area (Å²) in [5.74, 6) is -1.07. The lowest BCUT2D eigenvalue weighted by molar-refractivity contribution is -0.138. The Hall–Kier alpha value is -3.87. The highest BCUT2D eigenvalue weighted by atomic mass is 32.1. The van der Waals surface area contributed by atoms with Crippen molar-refractivity contribution in [1.29, 1.82) is 0 Å². The fourth-order valence-corrected chi connectivity index (χ4v) is 4.09. The van der Waals surface area contributed by atoms with Crippen molar-refractivity contribution in [3.8, 4) is 0 Å². The Balaban J connectivity index is 1.47. The molecule has 1 atom stereocenters. The van der Waals surface area contributed by atoms with E-state index in [4.69, 9.17) is 0 Å². The normalized spacial score (nSPS) is 12.5. The number of amides is 2. The van der Waals surface area contributed by atoms with Crippen LogP contribution in [-0.2, 0) is 13.2 Å². The van der Waals surface area contributed by atoms with Crippen LogP contribution in [0.3, 0.4) is 0 Å². The molecule has 2 amide bonds. The van der Waals surface area contributed by atoms with E-state index in [0.29, 0.717) is 16.2 Å². The van der Waals surface area contributed by atoms with Crippen molar-refractivity contribution in [1.82, 2.24) is 29.8 Å². The first-order valence-corrected chi connectivity index (χ1v) is 10.7. The van der Waals surface area contributed by atoms with Crippen LogP contribution in [0.15, 0.2) is 37.1 Å². The van der Waals surface area contributed by atoms with Gasteiger partial charge in [-0.15, -0.1) is 11.3 Å². The van der Waals surface area contributed by atoms with E-state index in [0.717, 1.165) is 17.4 Å². The van der Waals surface area contributed by atoms with Crippen LogP contribution in [-0.4, -0.2) is 36.3 Å². The van der Waals surface area contributed by atoms with Gasteiger partial charge in [0.05, 0.1) is 24.1 Å². The van der Waals surface area contributed by atoms with Crippen molar-refractivity contribution in [2.24, 2.45) is 7.05 Å². The lowest BCUT2D eigenvalue weighted by Crippen LogP contribution is -2.28. The number of aromatic nitrogens is 5. The minimum Gasteiger partial charge on any atom is -0.342 e. The quantitative estimate of drug-likeness (QED) is 0.440. The Kier molecular flexibility index (Phi) is 6.04. The summed E-state index contributed by atoms with van der Waals surface area (Å²) in [4.78, 5) is 41.9. The highest BCUT2D eigenvalue weighted by molar-refractivity contribution is 7.13. The minimum atomic E-state index is -4.53. The summed E-state index contributed by atoms with van der Waals surface area (Å²) in [7, 11) is 1.72. The Morgan fingerprint density at radius 3 is 2.62 bits per heavy atom. The second kappa shape index (κ2) is 8.82. The summed E-state index contributed by atoms with van der Waals surface area (Å²) < 4.78 is 41.0. The predicted octanol–water partition coefficient (Wildman–Crippen LogP) is 3.89. The molecule has 0 aliphatic carbocycles. The molecule has 0 radical (unpaired) electrons. The summed E-state index contributed by atoms with van der Waals surface area (Å²) in [6.07, 6.45) is -0.450. The van der Waals surface area contributed by atoms with Gasteiger partial charge in [-0.25, -0.2) is 19.9 Å². The maximum atomic E-state index is 13.1. The van der Waals surface area contributed by atoms with Crippen LogP contribution in [0.5, 0.6) is 0 Å². The second-order valence-corrected chi connectivity index (χ2v) is 8.55. The third-order valence-corrected chi connectivity index (χ3v) is 6.17. The molecule has 34 heavy (non-hydrogen) atoms. The van der Waals surface area contributed by atoms with E-state index in [1.54, 1.807) is 18.5 Å². The number of carbonyl (C=O) groups is 2. The van der Waals surface area contributed by atoms with Crippen LogP contribution in [0.2, 0.25) is 0 Å². The summed E-state index contributed by atoms with van der Waals surface area (Å²) in [5.41, 5.74) is 0.256.